The van der Waals surface area contributed by atoms with E-state index in [0.29, 0.717) is 37.2 Å². The highest BCUT2D eigenvalue weighted by molar-refractivity contribution is 5.71. The van der Waals surface area contributed by atoms with Gasteiger partial charge in [0.15, 0.2) is 0 Å². The first kappa shape index (κ1) is 13.4. The molecule has 0 aromatic carbocycles. The second kappa shape index (κ2) is 5.72. The zero-order valence-corrected chi connectivity index (χ0v) is 11.2. The van der Waals surface area contributed by atoms with Gasteiger partial charge in [0.05, 0.1) is 6.61 Å². The number of hydrogen-bond donors (Lipinski definition) is 0. The van der Waals surface area contributed by atoms with Crippen molar-refractivity contribution >= 4 is 11.9 Å². The molecule has 2 fully saturated rings. The van der Waals surface area contributed by atoms with Gasteiger partial charge < -0.3 is 9.47 Å². The second-order valence-corrected chi connectivity index (χ2v) is 5.56. The molecule has 0 amide bonds. The minimum atomic E-state index is -0.0899. The first-order valence-corrected chi connectivity index (χ1v) is 6.95. The molecule has 0 aromatic rings. The highest BCUT2D eigenvalue weighted by atomic mass is 16.5. The zero-order chi connectivity index (χ0) is 13.1. The Hall–Kier alpha value is -1.06. The van der Waals surface area contributed by atoms with Crippen LogP contribution in [-0.2, 0) is 19.1 Å². The van der Waals surface area contributed by atoms with Crippen LogP contribution in [0.5, 0.6) is 0 Å². The van der Waals surface area contributed by atoms with Crippen LogP contribution in [0.4, 0.5) is 0 Å². The van der Waals surface area contributed by atoms with Crippen molar-refractivity contribution in [1.29, 1.82) is 0 Å². The fraction of sp³-hybridized carbons (Fsp3) is 0.857. The van der Waals surface area contributed by atoms with Gasteiger partial charge in [-0.1, -0.05) is 13.8 Å². The van der Waals surface area contributed by atoms with E-state index < -0.39 is 0 Å². The number of rotatable bonds is 3. The number of cyclic esters (lactones) is 2. The number of hydrogen-bond acceptors (Lipinski definition) is 4. The van der Waals surface area contributed by atoms with Gasteiger partial charge in [-0.05, 0) is 37.0 Å². The van der Waals surface area contributed by atoms with Crippen LogP contribution in [0.1, 0.15) is 46.0 Å². The van der Waals surface area contributed by atoms with Crippen molar-refractivity contribution in [3.8, 4) is 0 Å². The molecule has 0 aliphatic carbocycles. The molecule has 4 nitrogen and oxygen atoms in total. The number of ether oxygens (including phenoxy) is 2. The van der Waals surface area contributed by atoms with E-state index >= 15 is 0 Å². The molecule has 2 aliphatic heterocycles. The van der Waals surface area contributed by atoms with Crippen molar-refractivity contribution in [3.05, 3.63) is 0 Å². The summed E-state index contributed by atoms with van der Waals surface area (Å²) in [5.41, 5.74) is 0. The van der Waals surface area contributed by atoms with Gasteiger partial charge in [-0.2, -0.15) is 0 Å². The van der Waals surface area contributed by atoms with Crippen LogP contribution >= 0.6 is 0 Å². The van der Waals surface area contributed by atoms with Crippen LogP contribution in [0.25, 0.3) is 0 Å². The third-order valence-electron chi connectivity index (χ3n) is 4.41. The lowest BCUT2D eigenvalue weighted by molar-refractivity contribution is -0.161. The van der Waals surface area contributed by atoms with Crippen LogP contribution in [0.15, 0.2) is 0 Å². The lowest BCUT2D eigenvalue weighted by Crippen LogP contribution is -2.37. The maximum Gasteiger partial charge on any atom is 0.306 e. The number of esters is 2. The first-order chi connectivity index (χ1) is 8.60. The Morgan fingerprint density at radius 2 is 2.06 bits per heavy atom. The van der Waals surface area contributed by atoms with E-state index in [-0.39, 0.29) is 18.0 Å². The minimum Gasteiger partial charge on any atom is -0.465 e. The molecule has 18 heavy (non-hydrogen) atoms. The van der Waals surface area contributed by atoms with E-state index in [1.807, 2.05) is 6.92 Å². The molecule has 0 saturated carbocycles. The smallest absolute Gasteiger partial charge is 0.306 e. The normalized spacial score (nSPS) is 34.7. The average Bonchev–Trinajstić information content (AvgIpc) is 2.38. The summed E-state index contributed by atoms with van der Waals surface area (Å²) in [6.45, 7) is 4.75. The Balaban J connectivity index is 1.93. The van der Waals surface area contributed by atoms with Gasteiger partial charge in [0, 0.05) is 12.8 Å². The molecule has 4 heteroatoms. The molecule has 2 aliphatic rings. The Morgan fingerprint density at radius 3 is 2.67 bits per heavy atom. The summed E-state index contributed by atoms with van der Waals surface area (Å²) in [4.78, 5) is 22.6. The summed E-state index contributed by atoms with van der Waals surface area (Å²) in [7, 11) is 0. The largest absolute Gasteiger partial charge is 0.465 e. The molecule has 2 saturated heterocycles. The van der Waals surface area contributed by atoms with Crippen molar-refractivity contribution in [2.24, 2.45) is 17.8 Å². The van der Waals surface area contributed by atoms with E-state index in [9.17, 15) is 9.59 Å². The summed E-state index contributed by atoms with van der Waals surface area (Å²) in [5, 5.41) is 0. The van der Waals surface area contributed by atoms with Gasteiger partial charge >= 0.3 is 11.9 Å². The molecule has 0 bridgehead atoms. The third-order valence-corrected chi connectivity index (χ3v) is 4.41. The minimum absolute atomic E-state index is 0.0715. The molecule has 4 atom stereocenters. The van der Waals surface area contributed by atoms with Crippen LogP contribution < -0.4 is 0 Å². The molecule has 0 spiro atoms. The lowest BCUT2D eigenvalue weighted by Gasteiger charge is -2.36. The van der Waals surface area contributed by atoms with Crippen molar-refractivity contribution in [2.45, 2.75) is 52.1 Å². The average molecular weight is 254 g/mol. The van der Waals surface area contributed by atoms with Crippen molar-refractivity contribution in [3.63, 3.8) is 0 Å². The van der Waals surface area contributed by atoms with Gasteiger partial charge in [0.25, 0.3) is 0 Å². The Morgan fingerprint density at radius 1 is 1.28 bits per heavy atom. The highest BCUT2D eigenvalue weighted by Gasteiger charge is 2.36. The van der Waals surface area contributed by atoms with E-state index in [1.54, 1.807) is 0 Å². The molecule has 0 radical (unpaired) electrons. The molecule has 102 valence electrons. The molecule has 2 rings (SSSR count). The van der Waals surface area contributed by atoms with Crippen LogP contribution in [0.2, 0.25) is 0 Å². The van der Waals surface area contributed by atoms with Gasteiger partial charge in [0.1, 0.15) is 6.10 Å². The summed E-state index contributed by atoms with van der Waals surface area (Å²) in [6.07, 6.45) is 3.83. The second-order valence-electron chi connectivity index (χ2n) is 5.56. The zero-order valence-electron chi connectivity index (χ0n) is 11.2. The topological polar surface area (TPSA) is 52.6 Å². The first-order valence-electron chi connectivity index (χ1n) is 6.95. The van der Waals surface area contributed by atoms with Crippen molar-refractivity contribution in [2.75, 3.05) is 6.61 Å². The fourth-order valence-electron chi connectivity index (χ4n) is 3.03. The molecular formula is C14H22O4. The molecular weight excluding hydrogens is 232 g/mol. The van der Waals surface area contributed by atoms with Crippen LogP contribution in [0.3, 0.4) is 0 Å². The fourth-order valence-corrected chi connectivity index (χ4v) is 3.03. The Bertz CT molecular complexity index is 316. The summed E-state index contributed by atoms with van der Waals surface area (Å²) in [6, 6.07) is 0. The monoisotopic (exact) mass is 254 g/mol. The van der Waals surface area contributed by atoms with Gasteiger partial charge in [-0.15, -0.1) is 0 Å². The summed E-state index contributed by atoms with van der Waals surface area (Å²) >= 11 is 0. The predicted molar refractivity (Wildman–Crippen MR) is 65.7 cm³/mol. The van der Waals surface area contributed by atoms with Gasteiger partial charge in [0.2, 0.25) is 0 Å². The quantitative estimate of drug-likeness (QED) is 0.725. The predicted octanol–water partition coefficient (Wildman–Crippen LogP) is 2.31. The maximum absolute atomic E-state index is 11.6. The number of carbonyl (C=O) groups excluding carboxylic acids is 2. The number of carbonyl (C=O) groups is 2. The van der Waals surface area contributed by atoms with Crippen LogP contribution in [0, 0.1) is 17.8 Å². The van der Waals surface area contributed by atoms with Gasteiger partial charge in [-0.3, -0.25) is 9.59 Å². The van der Waals surface area contributed by atoms with Gasteiger partial charge in [-0.25, -0.2) is 0 Å². The highest BCUT2D eigenvalue weighted by Crippen LogP contribution is 2.36. The standard InChI is InChI=1S/C14H22O4/c1-3-12-6-11(7-14(16)18-12)9(2)10-4-5-13(15)17-8-10/h9-12H,3-8H2,1-2H3. The maximum atomic E-state index is 11.6. The van der Waals surface area contributed by atoms with Crippen molar-refractivity contribution in [1.82, 2.24) is 0 Å². The summed E-state index contributed by atoms with van der Waals surface area (Å²) in [5.74, 6) is 1.03. The van der Waals surface area contributed by atoms with E-state index in [1.165, 1.54) is 0 Å². The lowest BCUT2D eigenvalue weighted by atomic mass is 9.75. The molecule has 0 N–H and O–H groups in total. The Labute approximate surface area is 108 Å². The van der Waals surface area contributed by atoms with Crippen molar-refractivity contribution < 1.29 is 19.1 Å². The molecule has 2 heterocycles. The molecule has 4 unspecified atom stereocenters. The van der Waals surface area contributed by atoms with Crippen LogP contribution in [-0.4, -0.2) is 24.6 Å². The molecule has 0 aromatic heterocycles. The Kier molecular flexibility index (Phi) is 4.25. The van der Waals surface area contributed by atoms with E-state index in [4.69, 9.17) is 9.47 Å². The SMILES string of the molecule is CCC1CC(C(C)C2CCC(=O)OC2)CC(=O)O1. The third kappa shape index (κ3) is 3.03. The summed E-state index contributed by atoms with van der Waals surface area (Å²) < 4.78 is 10.4. The van der Waals surface area contributed by atoms with E-state index in [2.05, 4.69) is 6.92 Å². The van der Waals surface area contributed by atoms with E-state index in [0.717, 1.165) is 19.3 Å².